The molecule has 0 fully saturated rings. The Kier molecular flexibility index (Phi) is 4.29. The van der Waals surface area contributed by atoms with E-state index in [1.54, 1.807) is 31.7 Å². The van der Waals surface area contributed by atoms with Gasteiger partial charge in [-0.25, -0.2) is 4.98 Å². The smallest absolute Gasteiger partial charge is 0.255 e. The highest BCUT2D eigenvalue weighted by atomic mass is 16.1. The topological polar surface area (TPSA) is 84.7 Å². The Morgan fingerprint density at radius 3 is 2.95 bits per heavy atom. The molecule has 2 rings (SSSR count). The monoisotopic (exact) mass is 274 g/mol. The lowest BCUT2D eigenvalue weighted by atomic mass is 10.2. The number of pyridine rings is 1. The van der Waals surface area contributed by atoms with Gasteiger partial charge in [0.25, 0.3) is 5.91 Å². The van der Waals surface area contributed by atoms with Crippen LogP contribution in [0.2, 0.25) is 0 Å². The largest absolute Gasteiger partial charge is 0.372 e. The molecule has 0 saturated heterocycles. The van der Waals surface area contributed by atoms with Crippen molar-refractivity contribution in [2.24, 2.45) is 0 Å². The number of anilines is 1. The molecule has 106 valence electrons. The van der Waals surface area contributed by atoms with E-state index >= 15 is 0 Å². The van der Waals surface area contributed by atoms with E-state index in [1.807, 2.05) is 18.4 Å². The summed E-state index contributed by atoms with van der Waals surface area (Å²) >= 11 is 0. The highest BCUT2D eigenvalue weighted by molar-refractivity contribution is 5.98. The molecule has 0 unspecified atom stereocenters. The van der Waals surface area contributed by atoms with Crippen LogP contribution in [0, 0.1) is 0 Å². The number of aromatic nitrogens is 4. The minimum Gasteiger partial charge on any atom is -0.372 e. The van der Waals surface area contributed by atoms with Gasteiger partial charge >= 0.3 is 0 Å². The van der Waals surface area contributed by atoms with Crippen LogP contribution in [0.3, 0.4) is 0 Å². The van der Waals surface area contributed by atoms with E-state index in [2.05, 4.69) is 25.8 Å². The lowest BCUT2D eigenvalue weighted by molar-refractivity contribution is 0.0949. The van der Waals surface area contributed by atoms with Crippen molar-refractivity contribution in [2.75, 3.05) is 12.4 Å². The van der Waals surface area contributed by atoms with E-state index in [9.17, 15) is 4.79 Å². The van der Waals surface area contributed by atoms with Gasteiger partial charge in [0, 0.05) is 19.3 Å². The molecule has 7 heteroatoms. The van der Waals surface area contributed by atoms with Crippen LogP contribution in [0.25, 0.3) is 0 Å². The van der Waals surface area contributed by atoms with Gasteiger partial charge in [0.15, 0.2) is 5.82 Å². The van der Waals surface area contributed by atoms with Crippen LogP contribution in [0.4, 0.5) is 5.82 Å². The quantitative estimate of drug-likeness (QED) is 0.856. The summed E-state index contributed by atoms with van der Waals surface area (Å²) in [6.45, 7) is 4.40. The maximum absolute atomic E-state index is 12.2. The van der Waals surface area contributed by atoms with E-state index in [0.29, 0.717) is 17.9 Å². The second-order valence-electron chi connectivity index (χ2n) is 4.58. The Hall–Kier alpha value is -2.44. The summed E-state index contributed by atoms with van der Waals surface area (Å²) in [4.78, 5) is 16.3. The number of nitrogens with one attached hydrogen (secondary N) is 2. The van der Waals surface area contributed by atoms with E-state index in [-0.39, 0.29) is 11.9 Å². The van der Waals surface area contributed by atoms with Crippen LogP contribution in [0.1, 0.15) is 36.1 Å². The van der Waals surface area contributed by atoms with E-state index < -0.39 is 0 Å². The van der Waals surface area contributed by atoms with Gasteiger partial charge in [-0.1, -0.05) is 0 Å². The van der Waals surface area contributed by atoms with Gasteiger partial charge in [-0.3, -0.25) is 4.79 Å². The third-order valence-corrected chi connectivity index (χ3v) is 2.90. The summed E-state index contributed by atoms with van der Waals surface area (Å²) in [6.07, 6.45) is 3.30. The third kappa shape index (κ3) is 2.93. The first-order valence-corrected chi connectivity index (χ1v) is 6.42. The molecule has 0 saturated carbocycles. The zero-order chi connectivity index (χ0) is 14.5. The van der Waals surface area contributed by atoms with Gasteiger partial charge in [-0.05, 0) is 26.0 Å². The Balaban J connectivity index is 2.07. The van der Waals surface area contributed by atoms with Gasteiger partial charge in [-0.2, -0.15) is 0 Å². The molecule has 20 heavy (non-hydrogen) atoms. The van der Waals surface area contributed by atoms with Crippen molar-refractivity contribution in [3.63, 3.8) is 0 Å². The van der Waals surface area contributed by atoms with Gasteiger partial charge in [0.05, 0.1) is 12.1 Å². The molecule has 2 heterocycles. The average Bonchev–Trinajstić information content (AvgIpc) is 2.93. The predicted molar refractivity (Wildman–Crippen MR) is 75.4 cm³/mol. The summed E-state index contributed by atoms with van der Waals surface area (Å²) in [7, 11) is 1.73. The molecular weight excluding hydrogens is 256 g/mol. The second-order valence-corrected chi connectivity index (χ2v) is 4.58. The maximum atomic E-state index is 12.2. The highest BCUT2D eigenvalue weighted by Crippen LogP contribution is 2.11. The van der Waals surface area contributed by atoms with Crippen LogP contribution in [0.15, 0.2) is 24.7 Å². The number of amides is 1. The molecular formula is C13H18N6O. The van der Waals surface area contributed by atoms with E-state index in [0.717, 1.165) is 5.82 Å². The Morgan fingerprint density at radius 1 is 1.45 bits per heavy atom. The number of carbonyl (C=O) groups is 1. The van der Waals surface area contributed by atoms with Gasteiger partial charge in [-0.15, -0.1) is 10.2 Å². The number of hydrogen-bond donors (Lipinski definition) is 2. The van der Waals surface area contributed by atoms with Crippen LogP contribution >= 0.6 is 0 Å². The van der Waals surface area contributed by atoms with Crippen LogP contribution in [0.5, 0.6) is 0 Å². The summed E-state index contributed by atoms with van der Waals surface area (Å²) in [5.41, 5.74) is 0.505. The van der Waals surface area contributed by atoms with E-state index in [1.165, 1.54) is 0 Å². The molecule has 0 aliphatic rings. The third-order valence-electron chi connectivity index (χ3n) is 2.90. The Bertz CT molecular complexity index is 592. The summed E-state index contributed by atoms with van der Waals surface area (Å²) in [5, 5.41) is 13.6. The van der Waals surface area contributed by atoms with Gasteiger partial charge < -0.3 is 15.2 Å². The fraction of sp³-hybridized carbons (Fsp3) is 0.385. The van der Waals surface area contributed by atoms with Crippen LogP contribution < -0.4 is 10.6 Å². The fourth-order valence-corrected chi connectivity index (χ4v) is 1.87. The molecule has 2 aromatic rings. The van der Waals surface area contributed by atoms with Crippen molar-refractivity contribution in [3.8, 4) is 0 Å². The van der Waals surface area contributed by atoms with Crippen molar-refractivity contribution in [2.45, 2.75) is 26.4 Å². The fourth-order valence-electron chi connectivity index (χ4n) is 1.87. The minimum atomic E-state index is -0.194. The first-order valence-electron chi connectivity index (χ1n) is 6.42. The van der Waals surface area contributed by atoms with Crippen LogP contribution in [-0.2, 0) is 6.54 Å². The highest BCUT2D eigenvalue weighted by Gasteiger charge is 2.13. The van der Waals surface area contributed by atoms with Crippen molar-refractivity contribution < 1.29 is 4.79 Å². The standard InChI is InChI=1S/C13H18N6O/c1-9(2)19-8-17-18-11(19)7-16-13(20)10-5-4-6-15-12(10)14-3/h4-6,8-9H,7H2,1-3H3,(H,14,15)(H,16,20). The lowest BCUT2D eigenvalue weighted by Gasteiger charge is -2.11. The average molecular weight is 274 g/mol. The van der Waals surface area contributed by atoms with Gasteiger partial charge in [0.2, 0.25) is 0 Å². The molecule has 0 atom stereocenters. The number of carbonyl (C=O) groups excluding carboxylic acids is 1. The molecule has 0 aliphatic heterocycles. The zero-order valence-electron chi connectivity index (χ0n) is 11.8. The van der Waals surface area contributed by atoms with Crippen molar-refractivity contribution in [1.82, 2.24) is 25.1 Å². The Labute approximate surface area is 117 Å². The van der Waals surface area contributed by atoms with E-state index in [4.69, 9.17) is 0 Å². The molecule has 0 radical (unpaired) electrons. The molecule has 2 aromatic heterocycles. The zero-order valence-corrected chi connectivity index (χ0v) is 11.8. The Morgan fingerprint density at radius 2 is 2.25 bits per heavy atom. The minimum absolute atomic E-state index is 0.194. The SMILES string of the molecule is CNc1ncccc1C(=O)NCc1nncn1C(C)C. The van der Waals surface area contributed by atoms with Crippen LogP contribution in [-0.4, -0.2) is 32.7 Å². The first-order chi connectivity index (χ1) is 9.63. The number of hydrogen-bond acceptors (Lipinski definition) is 5. The van der Waals surface area contributed by atoms with Crippen molar-refractivity contribution in [3.05, 3.63) is 36.0 Å². The summed E-state index contributed by atoms with van der Waals surface area (Å²) in [5.74, 6) is 1.08. The molecule has 0 spiro atoms. The summed E-state index contributed by atoms with van der Waals surface area (Å²) in [6, 6.07) is 3.71. The molecule has 0 aromatic carbocycles. The molecule has 0 aliphatic carbocycles. The molecule has 2 N–H and O–H groups in total. The first kappa shape index (κ1) is 14.0. The normalized spacial score (nSPS) is 10.6. The van der Waals surface area contributed by atoms with Gasteiger partial charge in [0.1, 0.15) is 12.1 Å². The number of nitrogens with zero attached hydrogens (tertiary/aromatic N) is 4. The summed E-state index contributed by atoms with van der Waals surface area (Å²) < 4.78 is 1.92. The molecule has 7 nitrogen and oxygen atoms in total. The lowest BCUT2D eigenvalue weighted by Crippen LogP contribution is -2.26. The van der Waals surface area contributed by atoms with Crippen molar-refractivity contribution in [1.29, 1.82) is 0 Å². The van der Waals surface area contributed by atoms with Crippen molar-refractivity contribution >= 4 is 11.7 Å². The second kappa shape index (κ2) is 6.14. The molecule has 1 amide bonds. The molecule has 0 bridgehead atoms. The maximum Gasteiger partial charge on any atom is 0.255 e. The number of rotatable bonds is 5. The predicted octanol–water partition coefficient (Wildman–Crippen LogP) is 1.23.